The van der Waals surface area contributed by atoms with Gasteiger partial charge >= 0.3 is 0 Å². The van der Waals surface area contributed by atoms with Crippen LogP contribution >= 0.6 is 0 Å². The van der Waals surface area contributed by atoms with Crippen molar-refractivity contribution >= 4 is 22.4 Å². The quantitative estimate of drug-likeness (QED) is 0.718. The van der Waals surface area contributed by atoms with E-state index in [0.717, 1.165) is 6.42 Å². The van der Waals surface area contributed by atoms with E-state index in [2.05, 4.69) is 33.0 Å². The summed E-state index contributed by atoms with van der Waals surface area (Å²) in [5, 5.41) is 24.3. The van der Waals surface area contributed by atoms with Crippen LogP contribution in [0.25, 0.3) is 10.8 Å². The lowest BCUT2D eigenvalue weighted by Gasteiger charge is -2.49. The highest BCUT2D eigenvalue weighted by molar-refractivity contribution is 6.02. The number of rotatable bonds is 5. The number of benzene rings is 1. The van der Waals surface area contributed by atoms with E-state index in [0.29, 0.717) is 29.3 Å². The number of pyridine rings is 1. The third-order valence-electron chi connectivity index (χ3n) is 5.70. The van der Waals surface area contributed by atoms with Gasteiger partial charge in [-0.25, -0.2) is 0 Å². The van der Waals surface area contributed by atoms with E-state index in [1.807, 2.05) is 0 Å². The molecule has 158 valence electrons. The van der Waals surface area contributed by atoms with E-state index in [1.165, 1.54) is 4.57 Å². The minimum Gasteiger partial charge on any atom is -0.395 e. The van der Waals surface area contributed by atoms with Crippen molar-refractivity contribution in [1.82, 2.24) is 4.57 Å². The van der Waals surface area contributed by atoms with Gasteiger partial charge in [-0.3, -0.25) is 9.59 Å². The first-order valence-corrected chi connectivity index (χ1v) is 10.2. The fourth-order valence-electron chi connectivity index (χ4n) is 5.59. The molecular formula is C23H32N2O4. The van der Waals surface area contributed by atoms with E-state index >= 15 is 0 Å². The number of hydrogen-bond acceptors (Lipinski definition) is 4. The summed E-state index contributed by atoms with van der Waals surface area (Å²) in [4.78, 5) is 25.4. The molecule has 0 aliphatic heterocycles. The third kappa shape index (κ3) is 4.87. The lowest BCUT2D eigenvalue weighted by atomic mass is 9.59. The number of hydrogen-bond donors (Lipinski definition) is 3. The number of carbonyl (C=O) groups is 1. The van der Waals surface area contributed by atoms with Gasteiger partial charge in [0.05, 0.1) is 18.6 Å². The van der Waals surface area contributed by atoms with Crippen LogP contribution in [0.5, 0.6) is 0 Å². The average molecular weight is 401 g/mol. The fourth-order valence-corrected chi connectivity index (χ4v) is 5.59. The largest absolute Gasteiger partial charge is 0.395 e. The number of nitrogens with one attached hydrogen (secondary N) is 1. The Morgan fingerprint density at radius 3 is 2.34 bits per heavy atom. The second-order valence-corrected chi connectivity index (χ2v) is 10.1. The molecule has 3 N–H and O–H groups in total. The van der Waals surface area contributed by atoms with Gasteiger partial charge in [-0.15, -0.1) is 0 Å². The standard InChI is InChI=1S/C23H32N2O4/c1-21(2)13-22(3,4)15-23(29,14-21)12-19(27)24-18-7-5-6-17-16(18)8-9-25(10-11-26)20(17)28/h5-9,26,29H,10-15H2,1-4H3,(H,24,27). The Labute approximate surface area is 171 Å². The fraction of sp³-hybridized carbons (Fsp3) is 0.565. The van der Waals surface area contributed by atoms with Crippen LogP contribution < -0.4 is 10.9 Å². The molecule has 1 fully saturated rings. The molecular weight excluding hydrogens is 368 g/mol. The van der Waals surface area contributed by atoms with E-state index in [9.17, 15) is 14.7 Å². The molecule has 1 aromatic carbocycles. The number of aromatic nitrogens is 1. The summed E-state index contributed by atoms with van der Waals surface area (Å²) in [6.45, 7) is 8.66. The highest BCUT2D eigenvalue weighted by atomic mass is 16.3. The number of aliphatic hydroxyl groups excluding tert-OH is 1. The number of fused-ring (bicyclic) bond motifs is 1. The Morgan fingerprint density at radius 1 is 1.07 bits per heavy atom. The molecule has 1 amide bonds. The maximum Gasteiger partial charge on any atom is 0.258 e. The van der Waals surface area contributed by atoms with Crippen molar-refractivity contribution in [2.75, 3.05) is 11.9 Å². The lowest BCUT2D eigenvalue weighted by Crippen LogP contribution is -2.47. The Bertz CT molecular complexity index is 958. The van der Waals surface area contributed by atoms with E-state index in [-0.39, 0.29) is 41.9 Å². The summed E-state index contributed by atoms with van der Waals surface area (Å²) >= 11 is 0. The molecule has 6 nitrogen and oxygen atoms in total. The van der Waals surface area contributed by atoms with Crippen molar-refractivity contribution in [3.63, 3.8) is 0 Å². The van der Waals surface area contributed by atoms with Crippen molar-refractivity contribution in [3.8, 4) is 0 Å². The maximum absolute atomic E-state index is 12.8. The normalized spacial score (nSPS) is 19.8. The second-order valence-electron chi connectivity index (χ2n) is 10.1. The predicted octanol–water partition coefficient (Wildman–Crippen LogP) is 3.29. The molecule has 2 aromatic rings. The van der Waals surface area contributed by atoms with Crippen LogP contribution in [0.1, 0.15) is 53.4 Å². The topological polar surface area (TPSA) is 91.6 Å². The predicted molar refractivity (Wildman–Crippen MR) is 115 cm³/mol. The minimum absolute atomic E-state index is 0.0256. The second kappa shape index (κ2) is 7.58. The maximum atomic E-state index is 12.8. The number of aliphatic hydroxyl groups is 2. The van der Waals surface area contributed by atoms with E-state index in [1.54, 1.807) is 30.5 Å². The number of carbonyl (C=O) groups excluding carboxylic acids is 1. The van der Waals surface area contributed by atoms with Crippen molar-refractivity contribution < 1.29 is 15.0 Å². The first-order valence-electron chi connectivity index (χ1n) is 10.2. The van der Waals surface area contributed by atoms with Gasteiger partial charge in [0.2, 0.25) is 5.91 Å². The van der Waals surface area contributed by atoms with Crippen LogP contribution in [0.2, 0.25) is 0 Å². The number of nitrogens with zero attached hydrogens (tertiary/aromatic N) is 1. The lowest BCUT2D eigenvalue weighted by molar-refractivity contribution is -0.130. The Morgan fingerprint density at radius 2 is 1.72 bits per heavy atom. The van der Waals surface area contributed by atoms with Crippen LogP contribution in [0.4, 0.5) is 5.69 Å². The molecule has 0 bridgehead atoms. The molecule has 0 radical (unpaired) electrons. The van der Waals surface area contributed by atoms with E-state index in [4.69, 9.17) is 5.11 Å². The molecule has 1 heterocycles. The van der Waals surface area contributed by atoms with Crippen molar-refractivity contribution in [3.05, 3.63) is 40.8 Å². The zero-order valence-electron chi connectivity index (χ0n) is 17.8. The van der Waals surface area contributed by atoms with Crippen LogP contribution in [0, 0.1) is 10.8 Å². The molecule has 1 aromatic heterocycles. The van der Waals surface area contributed by atoms with Crippen LogP contribution in [0.3, 0.4) is 0 Å². The van der Waals surface area contributed by atoms with Gasteiger partial charge in [0.25, 0.3) is 5.56 Å². The van der Waals surface area contributed by atoms with Crippen molar-refractivity contribution in [1.29, 1.82) is 0 Å². The molecule has 6 heteroatoms. The van der Waals surface area contributed by atoms with Gasteiger partial charge in [-0.1, -0.05) is 33.8 Å². The van der Waals surface area contributed by atoms with Gasteiger partial charge in [0.1, 0.15) is 0 Å². The molecule has 1 aliphatic carbocycles. The van der Waals surface area contributed by atoms with Crippen molar-refractivity contribution in [2.24, 2.45) is 10.8 Å². The molecule has 1 saturated carbocycles. The smallest absolute Gasteiger partial charge is 0.258 e. The summed E-state index contributed by atoms with van der Waals surface area (Å²) in [7, 11) is 0. The van der Waals surface area contributed by atoms with Crippen LogP contribution in [-0.4, -0.2) is 32.9 Å². The summed E-state index contributed by atoms with van der Waals surface area (Å²) in [6.07, 6.45) is 3.82. The highest BCUT2D eigenvalue weighted by Gasteiger charge is 2.47. The van der Waals surface area contributed by atoms with Gasteiger partial charge < -0.3 is 20.1 Å². The van der Waals surface area contributed by atoms with Gasteiger partial charge in [-0.05, 0) is 48.3 Å². The minimum atomic E-state index is -1.05. The molecule has 3 rings (SSSR count). The first kappa shape index (κ1) is 21.5. The van der Waals surface area contributed by atoms with Crippen LogP contribution in [0.15, 0.2) is 35.3 Å². The molecule has 29 heavy (non-hydrogen) atoms. The molecule has 0 unspecified atom stereocenters. The van der Waals surface area contributed by atoms with Gasteiger partial charge in [-0.2, -0.15) is 0 Å². The summed E-state index contributed by atoms with van der Waals surface area (Å²) in [5.41, 5.74) is -0.767. The molecule has 0 atom stereocenters. The third-order valence-corrected chi connectivity index (χ3v) is 5.70. The number of amides is 1. The van der Waals surface area contributed by atoms with Crippen molar-refractivity contribution in [2.45, 2.75) is 65.5 Å². The Balaban J connectivity index is 1.83. The average Bonchev–Trinajstić information content (AvgIpc) is 2.54. The summed E-state index contributed by atoms with van der Waals surface area (Å²) in [5.74, 6) is -0.256. The number of anilines is 1. The van der Waals surface area contributed by atoms with Gasteiger partial charge in [0.15, 0.2) is 0 Å². The highest BCUT2D eigenvalue weighted by Crippen LogP contribution is 2.51. The molecule has 0 spiro atoms. The molecule has 1 aliphatic rings. The first-order chi connectivity index (χ1) is 13.4. The zero-order valence-corrected chi connectivity index (χ0v) is 17.8. The van der Waals surface area contributed by atoms with Crippen LogP contribution in [-0.2, 0) is 11.3 Å². The Hall–Kier alpha value is -2.18. The Kier molecular flexibility index (Phi) is 5.62. The SMILES string of the molecule is CC1(C)CC(C)(C)CC(O)(CC(=O)Nc2cccc3c(=O)n(CCO)ccc23)C1. The summed E-state index contributed by atoms with van der Waals surface area (Å²) < 4.78 is 1.45. The zero-order chi connectivity index (χ0) is 21.4. The summed E-state index contributed by atoms with van der Waals surface area (Å²) in [6, 6.07) is 6.96. The van der Waals surface area contributed by atoms with E-state index < -0.39 is 5.60 Å². The monoisotopic (exact) mass is 400 g/mol. The van der Waals surface area contributed by atoms with Gasteiger partial charge in [0, 0.05) is 29.2 Å². The molecule has 0 saturated heterocycles.